The molecular weight excluding hydrogens is 268 g/mol. The van der Waals surface area contributed by atoms with Crippen LogP contribution in [0.2, 0.25) is 0 Å². The number of nitrogens with one attached hydrogen (secondary N) is 1. The predicted molar refractivity (Wildman–Crippen MR) is 70.2 cm³/mol. The summed E-state index contributed by atoms with van der Waals surface area (Å²) in [5.41, 5.74) is 6.29. The maximum atomic E-state index is 11.3. The van der Waals surface area contributed by atoms with E-state index in [9.17, 15) is 4.79 Å². The summed E-state index contributed by atoms with van der Waals surface area (Å²) in [5.74, 6) is -0.0918. The van der Waals surface area contributed by atoms with Crippen LogP contribution in [0, 0.1) is 5.92 Å². The van der Waals surface area contributed by atoms with E-state index in [2.05, 4.69) is 21.2 Å². The fraction of sp³-hybridized carbons (Fsp3) is 0.417. The lowest BCUT2D eigenvalue weighted by molar-refractivity contribution is -0.119. The normalized spacial score (nSPS) is 14.2. The van der Waals surface area contributed by atoms with Gasteiger partial charge in [0.05, 0.1) is 0 Å². The number of primary amides is 1. The average Bonchev–Trinajstić information content (AvgIpc) is 2.24. The molecule has 88 valence electrons. The molecule has 0 radical (unpaired) electrons. The standard InChI is InChI=1S/C12H17BrN2O/c1-3-8(2)11(12(14)16)15-10-6-4-5-9(13)7-10/h4-8,11,15H,3H2,1-2H3,(H2,14,16). The van der Waals surface area contributed by atoms with E-state index in [1.54, 1.807) is 0 Å². The number of carbonyl (C=O) groups is 1. The molecule has 3 nitrogen and oxygen atoms in total. The Morgan fingerprint density at radius 2 is 2.25 bits per heavy atom. The first kappa shape index (κ1) is 13.0. The number of benzene rings is 1. The van der Waals surface area contributed by atoms with Gasteiger partial charge in [-0.1, -0.05) is 42.3 Å². The third-order valence-electron chi connectivity index (χ3n) is 2.67. The van der Waals surface area contributed by atoms with Crippen LogP contribution in [0.15, 0.2) is 28.7 Å². The fourth-order valence-electron chi connectivity index (χ4n) is 1.49. The monoisotopic (exact) mass is 284 g/mol. The van der Waals surface area contributed by atoms with E-state index in [0.717, 1.165) is 16.6 Å². The lowest BCUT2D eigenvalue weighted by atomic mass is 9.98. The molecule has 3 N–H and O–H groups in total. The largest absolute Gasteiger partial charge is 0.373 e. The Hall–Kier alpha value is -1.03. The lowest BCUT2D eigenvalue weighted by Gasteiger charge is -2.22. The molecular formula is C12H17BrN2O. The van der Waals surface area contributed by atoms with Gasteiger partial charge in [-0.3, -0.25) is 4.79 Å². The van der Waals surface area contributed by atoms with Gasteiger partial charge in [-0.2, -0.15) is 0 Å². The lowest BCUT2D eigenvalue weighted by Crippen LogP contribution is -2.40. The van der Waals surface area contributed by atoms with Crippen molar-refractivity contribution in [1.82, 2.24) is 0 Å². The molecule has 2 atom stereocenters. The van der Waals surface area contributed by atoms with E-state index in [1.807, 2.05) is 38.1 Å². The van der Waals surface area contributed by atoms with Crippen molar-refractivity contribution >= 4 is 27.5 Å². The van der Waals surface area contributed by atoms with Crippen molar-refractivity contribution < 1.29 is 4.79 Å². The fourth-order valence-corrected chi connectivity index (χ4v) is 1.89. The minimum absolute atomic E-state index is 0.219. The Morgan fingerprint density at radius 3 is 2.75 bits per heavy atom. The Labute approximate surface area is 105 Å². The van der Waals surface area contributed by atoms with Crippen LogP contribution in [-0.2, 0) is 4.79 Å². The van der Waals surface area contributed by atoms with Gasteiger partial charge in [0.25, 0.3) is 0 Å². The smallest absolute Gasteiger partial charge is 0.240 e. The topological polar surface area (TPSA) is 55.1 Å². The quantitative estimate of drug-likeness (QED) is 0.874. The van der Waals surface area contributed by atoms with Crippen molar-refractivity contribution in [3.8, 4) is 0 Å². The first-order chi connectivity index (χ1) is 7.54. The summed E-state index contributed by atoms with van der Waals surface area (Å²) in [6, 6.07) is 7.38. The second-order valence-corrected chi connectivity index (χ2v) is 4.84. The molecule has 0 saturated carbocycles. The van der Waals surface area contributed by atoms with E-state index in [-0.39, 0.29) is 17.9 Å². The highest BCUT2D eigenvalue weighted by Crippen LogP contribution is 2.19. The van der Waals surface area contributed by atoms with Gasteiger partial charge < -0.3 is 11.1 Å². The number of halogens is 1. The van der Waals surface area contributed by atoms with Crippen molar-refractivity contribution in [3.05, 3.63) is 28.7 Å². The van der Waals surface area contributed by atoms with E-state index < -0.39 is 0 Å². The van der Waals surface area contributed by atoms with Crippen molar-refractivity contribution in [2.24, 2.45) is 11.7 Å². The molecule has 0 aromatic heterocycles. The van der Waals surface area contributed by atoms with Crippen LogP contribution < -0.4 is 11.1 Å². The summed E-state index contributed by atoms with van der Waals surface area (Å²) in [6.45, 7) is 4.06. The number of nitrogens with two attached hydrogens (primary N) is 1. The predicted octanol–water partition coefficient (Wildman–Crippen LogP) is 2.76. The summed E-state index contributed by atoms with van der Waals surface area (Å²) < 4.78 is 0.977. The van der Waals surface area contributed by atoms with Gasteiger partial charge in [0.1, 0.15) is 6.04 Å². The zero-order valence-corrected chi connectivity index (χ0v) is 11.1. The first-order valence-corrected chi connectivity index (χ1v) is 6.15. The van der Waals surface area contributed by atoms with E-state index in [0.29, 0.717) is 0 Å². The molecule has 0 saturated heterocycles. The number of hydrogen-bond donors (Lipinski definition) is 2. The van der Waals surface area contributed by atoms with Crippen molar-refractivity contribution in [2.75, 3.05) is 5.32 Å². The molecule has 2 unspecified atom stereocenters. The second kappa shape index (κ2) is 5.89. The molecule has 16 heavy (non-hydrogen) atoms. The summed E-state index contributed by atoms with van der Waals surface area (Å²) in [5, 5.41) is 3.17. The molecule has 1 rings (SSSR count). The molecule has 0 heterocycles. The van der Waals surface area contributed by atoms with Crippen molar-refractivity contribution in [2.45, 2.75) is 26.3 Å². The third-order valence-corrected chi connectivity index (χ3v) is 3.16. The molecule has 0 fully saturated rings. The Bertz CT molecular complexity index is 368. The van der Waals surface area contributed by atoms with E-state index >= 15 is 0 Å². The SMILES string of the molecule is CCC(C)C(Nc1cccc(Br)c1)C(N)=O. The Kier molecular flexibility index (Phi) is 4.80. The minimum atomic E-state index is -0.320. The van der Waals surface area contributed by atoms with Crippen LogP contribution in [0.4, 0.5) is 5.69 Å². The van der Waals surface area contributed by atoms with Gasteiger partial charge >= 0.3 is 0 Å². The average molecular weight is 285 g/mol. The zero-order valence-electron chi connectivity index (χ0n) is 9.53. The van der Waals surface area contributed by atoms with Gasteiger partial charge in [-0.25, -0.2) is 0 Å². The third kappa shape index (κ3) is 3.52. The Balaban J connectivity index is 2.79. The minimum Gasteiger partial charge on any atom is -0.373 e. The summed E-state index contributed by atoms with van der Waals surface area (Å²) in [4.78, 5) is 11.3. The summed E-state index contributed by atoms with van der Waals surface area (Å²) in [6.07, 6.45) is 0.911. The molecule has 0 bridgehead atoms. The van der Waals surface area contributed by atoms with E-state index in [4.69, 9.17) is 5.73 Å². The molecule has 0 aliphatic carbocycles. The van der Waals surface area contributed by atoms with Crippen LogP contribution in [0.1, 0.15) is 20.3 Å². The summed E-state index contributed by atoms with van der Waals surface area (Å²) >= 11 is 3.39. The van der Waals surface area contributed by atoms with Crippen LogP contribution in [0.25, 0.3) is 0 Å². The number of rotatable bonds is 5. The van der Waals surface area contributed by atoms with Gasteiger partial charge in [0.15, 0.2) is 0 Å². The van der Waals surface area contributed by atoms with Gasteiger partial charge in [0.2, 0.25) is 5.91 Å². The zero-order chi connectivity index (χ0) is 12.1. The highest BCUT2D eigenvalue weighted by Gasteiger charge is 2.21. The molecule has 1 aromatic rings. The number of hydrogen-bond acceptors (Lipinski definition) is 2. The number of amides is 1. The maximum absolute atomic E-state index is 11.3. The molecule has 4 heteroatoms. The van der Waals surface area contributed by atoms with Crippen LogP contribution in [0.3, 0.4) is 0 Å². The van der Waals surface area contributed by atoms with Crippen LogP contribution in [-0.4, -0.2) is 11.9 Å². The van der Waals surface area contributed by atoms with E-state index in [1.165, 1.54) is 0 Å². The maximum Gasteiger partial charge on any atom is 0.240 e. The Morgan fingerprint density at radius 1 is 1.56 bits per heavy atom. The van der Waals surface area contributed by atoms with Crippen molar-refractivity contribution in [1.29, 1.82) is 0 Å². The highest BCUT2D eigenvalue weighted by atomic mass is 79.9. The van der Waals surface area contributed by atoms with Gasteiger partial charge in [0, 0.05) is 10.2 Å². The van der Waals surface area contributed by atoms with Crippen LogP contribution in [0.5, 0.6) is 0 Å². The van der Waals surface area contributed by atoms with Crippen molar-refractivity contribution in [3.63, 3.8) is 0 Å². The van der Waals surface area contributed by atoms with Crippen LogP contribution >= 0.6 is 15.9 Å². The molecule has 0 spiro atoms. The van der Waals surface area contributed by atoms with Gasteiger partial charge in [-0.15, -0.1) is 0 Å². The first-order valence-electron chi connectivity index (χ1n) is 5.36. The van der Waals surface area contributed by atoms with Gasteiger partial charge in [-0.05, 0) is 24.1 Å². The highest BCUT2D eigenvalue weighted by molar-refractivity contribution is 9.10. The number of anilines is 1. The molecule has 1 amide bonds. The summed E-state index contributed by atoms with van der Waals surface area (Å²) in [7, 11) is 0. The second-order valence-electron chi connectivity index (χ2n) is 3.92. The number of carbonyl (C=O) groups excluding carboxylic acids is 1. The molecule has 0 aliphatic heterocycles. The molecule has 1 aromatic carbocycles. The molecule has 0 aliphatic rings.